The molecule has 0 aromatic heterocycles. The molecule has 1 unspecified atom stereocenters. The maximum Gasteiger partial charge on any atom is 0.232 e. The molecule has 5 heteroatoms. The van der Waals surface area contributed by atoms with E-state index in [1.165, 1.54) is 5.69 Å². The second kappa shape index (κ2) is 8.65. The van der Waals surface area contributed by atoms with Gasteiger partial charge in [-0.2, -0.15) is 0 Å². The number of unbranched alkanes of at least 4 members (excludes halogenated alkanes) is 1. The van der Waals surface area contributed by atoms with Gasteiger partial charge < -0.3 is 15.0 Å². The molecule has 0 radical (unpaired) electrons. The number of amides is 1. The normalized spacial score (nSPS) is 19.4. The van der Waals surface area contributed by atoms with E-state index in [2.05, 4.69) is 33.3 Å². The molecule has 1 N–H and O–H groups in total. The summed E-state index contributed by atoms with van der Waals surface area (Å²) < 4.78 is 5.50. The Labute approximate surface area is 167 Å². The van der Waals surface area contributed by atoms with E-state index < -0.39 is 0 Å². The molecule has 2 heterocycles. The summed E-state index contributed by atoms with van der Waals surface area (Å²) in [6.07, 6.45) is 3.16. The molecule has 0 aliphatic carbocycles. The molecule has 1 atom stereocenters. The summed E-state index contributed by atoms with van der Waals surface area (Å²) in [5.41, 5.74) is 3.35. The van der Waals surface area contributed by atoms with E-state index >= 15 is 0 Å². The number of methoxy groups -OCH3 is 1. The highest BCUT2D eigenvalue weighted by Gasteiger charge is 2.29. The number of hydrogen-bond acceptors (Lipinski definition) is 4. The van der Waals surface area contributed by atoms with Gasteiger partial charge in [0.25, 0.3) is 0 Å². The van der Waals surface area contributed by atoms with Gasteiger partial charge in [-0.3, -0.25) is 9.69 Å². The third kappa shape index (κ3) is 3.99. The monoisotopic (exact) mass is 379 g/mol. The fraction of sp³-hybridized carbons (Fsp3) is 0.435. The minimum atomic E-state index is 0.0265. The smallest absolute Gasteiger partial charge is 0.232 e. The molecular weight excluding hydrogens is 350 g/mol. The number of ether oxygens (including phenoxy) is 1. The van der Waals surface area contributed by atoms with Crippen molar-refractivity contribution in [2.45, 2.75) is 25.2 Å². The van der Waals surface area contributed by atoms with Crippen LogP contribution in [-0.2, 0) is 4.79 Å². The standard InChI is InChI=1S/C23H29N3O2/c1-28-22-12-5-4-11-21(22)26-16-14-25(15-17-26)13-7-6-9-19-18-8-2-3-10-20(18)24-23(19)27/h2-5,8,10-12,19H,6-7,9,13-17H2,1H3,(H,24,27). The zero-order valence-electron chi connectivity index (χ0n) is 16.6. The number of anilines is 2. The predicted octanol–water partition coefficient (Wildman–Crippen LogP) is 3.72. The first kappa shape index (κ1) is 18.8. The Morgan fingerprint density at radius 1 is 1.00 bits per heavy atom. The van der Waals surface area contributed by atoms with Crippen LogP contribution in [0.1, 0.15) is 30.7 Å². The summed E-state index contributed by atoms with van der Waals surface area (Å²) in [6, 6.07) is 16.3. The van der Waals surface area contributed by atoms with Gasteiger partial charge in [0.2, 0.25) is 5.91 Å². The summed E-state index contributed by atoms with van der Waals surface area (Å²) in [6.45, 7) is 5.31. The summed E-state index contributed by atoms with van der Waals surface area (Å²) in [7, 11) is 1.73. The number of nitrogens with zero attached hydrogens (tertiary/aromatic N) is 2. The maximum atomic E-state index is 12.2. The van der Waals surface area contributed by atoms with Crippen LogP contribution in [0, 0.1) is 0 Å². The first-order chi connectivity index (χ1) is 13.8. The van der Waals surface area contributed by atoms with Crippen molar-refractivity contribution < 1.29 is 9.53 Å². The van der Waals surface area contributed by atoms with Crippen molar-refractivity contribution in [1.29, 1.82) is 0 Å². The average molecular weight is 380 g/mol. The SMILES string of the molecule is COc1ccccc1N1CCN(CCCCC2C(=O)Nc3ccccc32)CC1. The van der Waals surface area contributed by atoms with Crippen molar-refractivity contribution >= 4 is 17.3 Å². The lowest BCUT2D eigenvalue weighted by atomic mass is 9.95. The molecule has 1 amide bonds. The number of nitrogens with one attached hydrogen (secondary N) is 1. The van der Waals surface area contributed by atoms with E-state index in [0.29, 0.717) is 0 Å². The van der Waals surface area contributed by atoms with Gasteiger partial charge in [0.05, 0.1) is 18.7 Å². The molecule has 148 valence electrons. The van der Waals surface area contributed by atoms with Crippen LogP contribution in [0.15, 0.2) is 48.5 Å². The highest BCUT2D eigenvalue weighted by atomic mass is 16.5. The Morgan fingerprint density at radius 3 is 2.57 bits per heavy atom. The molecule has 4 rings (SSSR count). The molecule has 0 bridgehead atoms. The number of benzene rings is 2. The lowest BCUT2D eigenvalue weighted by Gasteiger charge is -2.36. The zero-order valence-corrected chi connectivity index (χ0v) is 16.6. The Balaban J connectivity index is 1.21. The molecule has 28 heavy (non-hydrogen) atoms. The van der Waals surface area contributed by atoms with Gasteiger partial charge in [-0.1, -0.05) is 36.8 Å². The minimum Gasteiger partial charge on any atom is -0.495 e. The van der Waals surface area contributed by atoms with Crippen LogP contribution in [-0.4, -0.2) is 50.6 Å². The molecule has 1 saturated heterocycles. The summed E-state index contributed by atoms with van der Waals surface area (Å²) in [4.78, 5) is 17.2. The van der Waals surface area contributed by atoms with Crippen molar-refractivity contribution in [2.75, 3.05) is 50.1 Å². The van der Waals surface area contributed by atoms with E-state index in [0.717, 1.165) is 69.0 Å². The first-order valence-electron chi connectivity index (χ1n) is 10.3. The molecule has 2 aliphatic heterocycles. The van der Waals surface area contributed by atoms with E-state index in [-0.39, 0.29) is 11.8 Å². The lowest BCUT2D eigenvalue weighted by Crippen LogP contribution is -2.46. The molecule has 2 aromatic carbocycles. The van der Waals surface area contributed by atoms with Crippen LogP contribution in [0.4, 0.5) is 11.4 Å². The minimum absolute atomic E-state index is 0.0265. The number of carbonyl (C=O) groups is 1. The van der Waals surface area contributed by atoms with E-state index in [1.54, 1.807) is 7.11 Å². The van der Waals surface area contributed by atoms with Crippen molar-refractivity contribution in [3.8, 4) is 5.75 Å². The number of para-hydroxylation sites is 3. The molecule has 1 fully saturated rings. The van der Waals surface area contributed by atoms with Crippen LogP contribution < -0.4 is 15.0 Å². The van der Waals surface area contributed by atoms with Crippen LogP contribution in [0.25, 0.3) is 0 Å². The van der Waals surface area contributed by atoms with Gasteiger partial charge in [-0.15, -0.1) is 0 Å². The van der Waals surface area contributed by atoms with E-state index in [1.807, 2.05) is 30.3 Å². The van der Waals surface area contributed by atoms with Gasteiger partial charge >= 0.3 is 0 Å². The largest absolute Gasteiger partial charge is 0.495 e. The molecule has 0 saturated carbocycles. The molecular formula is C23H29N3O2. The van der Waals surface area contributed by atoms with Crippen molar-refractivity contribution in [3.05, 3.63) is 54.1 Å². The topological polar surface area (TPSA) is 44.8 Å². The summed E-state index contributed by atoms with van der Waals surface area (Å²) in [5, 5.41) is 3.00. The van der Waals surface area contributed by atoms with Crippen molar-refractivity contribution in [3.63, 3.8) is 0 Å². The second-order valence-corrected chi connectivity index (χ2v) is 7.63. The highest BCUT2D eigenvalue weighted by Crippen LogP contribution is 2.35. The van der Waals surface area contributed by atoms with Crippen LogP contribution in [0.2, 0.25) is 0 Å². The maximum absolute atomic E-state index is 12.2. The fourth-order valence-electron chi connectivity index (χ4n) is 4.35. The lowest BCUT2D eigenvalue weighted by molar-refractivity contribution is -0.117. The van der Waals surface area contributed by atoms with Gasteiger partial charge in [0, 0.05) is 31.9 Å². The van der Waals surface area contributed by atoms with Gasteiger partial charge in [-0.05, 0) is 43.1 Å². The fourth-order valence-corrected chi connectivity index (χ4v) is 4.35. The number of rotatable bonds is 7. The second-order valence-electron chi connectivity index (χ2n) is 7.63. The average Bonchev–Trinajstić information content (AvgIpc) is 3.06. The quantitative estimate of drug-likeness (QED) is 0.745. The van der Waals surface area contributed by atoms with Crippen molar-refractivity contribution in [1.82, 2.24) is 4.90 Å². The number of piperazine rings is 1. The summed E-state index contributed by atoms with van der Waals surface area (Å²) in [5.74, 6) is 1.14. The summed E-state index contributed by atoms with van der Waals surface area (Å²) >= 11 is 0. The predicted molar refractivity (Wildman–Crippen MR) is 113 cm³/mol. The molecule has 0 spiro atoms. The number of carbonyl (C=O) groups excluding carboxylic acids is 1. The van der Waals surface area contributed by atoms with E-state index in [4.69, 9.17) is 4.74 Å². The number of fused-ring (bicyclic) bond motifs is 1. The molecule has 2 aliphatic rings. The Morgan fingerprint density at radius 2 is 1.75 bits per heavy atom. The van der Waals surface area contributed by atoms with Crippen LogP contribution in [0.5, 0.6) is 5.75 Å². The van der Waals surface area contributed by atoms with Gasteiger partial charge in [-0.25, -0.2) is 0 Å². The zero-order chi connectivity index (χ0) is 19.3. The Bertz CT molecular complexity index is 815. The third-order valence-electron chi connectivity index (χ3n) is 5.93. The van der Waals surface area contributed by atoms with Crippen LogP contribution in [0.3, 0.4) is 0 Å². The first-order valence-corrected chi connectivity index (χ1v) is 10.3. The number of hydrogen-bond donors (Lipinski definition) is 1. The molecule has 2 aromatic rings. The highest BCUT2D eigenvalue weighted by molar-refractivity contribution is 6.02. The Hall–Kier alpha value is -2.53. The third-order valence-corrected chi connectivity index (χ3v) is 5.93. The molecule has 5 nitrogen and oxygen atoms in total. The van der Waals surface area contributed by atoms with E-state index in [9.17, 15) is 4.79 Å². The van der Waals surface area contributed by atoms with Crippen molar-refractivity contribution in [2.24, 2.45) is 0 Å². The van der Waals surface area contributed by atoms with Gasteiger partial charge in [0.15, 0.2) is 0 Å². The Kier molecular flexibility index (Phi) is 5.81. The van der Waals surface area contributed by atoms with Gasteiger partial charge in [0.1, 0.15) is 5.75 Å². The van der Waals surface area contributed by atoms with Crippen LogP contribution >= 0.6 is 0 Å².